The fraction of sp³-hybridized carbons (Fsp3) is 0.615. The summed E-state index contributed by atoms with van der Waals surface area (Å²) in [5.41, 5.74) is 1.36. The Morgan fingerprint density at radius 2 is 2.35 bits per heavy atom. The van der Waals surface area contributed by atoms with Crippen molar-refractivity contribution in [3.05, 3.63) is 21.4 Å². The van der Waals surface area contributed by atoms with Crippen LogP contribution in [-0.4, -0.2) is 29.1 Å². The highest BCUT2D eigenvalue weighted by Crippen LogP contribution is 2.37. The molecule has 1 atom stereocenters. The molecule has 0 unspecified atom stereocenters. The first-order chi connectivity index (χ1) is 8.08. The van der Waals surface area contributed by atoms with Crippen molar-refractivity contribution in [3.8, 4) is 0 Å². The van der Waals surface area contributed by atoms with Crippen LogP contribution in [0.1, 0.15) is 40.6 Å². The molecule has 2 heterocycles. The topological polar surface area (TPSA) is 40.5 Å². The van der Waals surface area contributed by atoms with Crippen molar-refractivity contribution in [2.45, 2.75) is 39.2 Å². The van der Waals surface area contributed by atoms with Gasteiger partial charge in [0.15, 0.2) is 0 Å². The maximum absolute atomic E-state index is 10.6. The van der Waals surface area contributed by atoms with Crippen LogP contribution in [0.3, 0.4) is 0 Å². The highest BCUT2D eigenvalue weighted by atomic mass is 32.1. The van der Waals surface area contributed by atoms with E-state index in [4.69, 9.17) is 5.11 Å². The molecule has 17 heavy (non-hydrogen) atoms. The fourth-order valence-electron chi connectivity index (χ4n) is 2.42. The van der Waals surface area contributed by atoms with Crippen molar-refractivity contribution in [2.75, 3.05) is 13.1 Å². The van der Waals surface area contributed by atoms with Crippen molar-refractivity contribution in [1.29, 1.82) is 0 Å². The summed E-state index contributed by atoms with van der Waals surface area (Å²) in [4.78, 5) is 15.7. The van der Waals surface area contributed by atoms with E-state index in [2.05, 4.69) is 24.8 Å². The molecule has 0 aromatic carbocycles. The molecule has 1 aliphatic heterocycles. The Morgan fingerprint density at radius 1 is 1.59 bits per heavy atom. The molecular weight excluding hydrogens is 234 g/mol. The fourth-order valence-corrected chi connectivity index (χ4v) is 3.63. The van der Waals surface area contributed by atoms with Gasteiger partial charge in [-0.05, 0) is 44.9 Å². The van der Waals surface area contributed by atoms with Crippen LogP contribution in [0.2, 0.25) is 0 Å². The van der Waals surface area contributed by atoms with E-state index in [1.165, 1.54) is 28.2 Å². The number of hydrogen-bond acceptors (Lipinski definition) is 3. The molecule has 0 bridgehead atoms. The Morgan fingerprint density at radius 3 is 2.94 bits per heavy atom. The van der Waals surface area contributed by atoms with E-state index >= 15 is 0 Å². The van der Waals surface area contributed by atoms with E-state index in [0.29, 0.717) is 12.6 Å². The number of rotatable bonds is 4. The second-order valence-corrected chi connectivity index (χ2v) is 6.01. The van der Waals surface area contributed by atoms with Crippen LogP contribution < -0.4 is 0 Å². The Balaban J connectivity index is 2.06. The first-order valence-electron chi connectivity index (χ1n) is 6.10. The minimum atomic E-state index is -0.700. The Labute approximate surface area is 106 Å². The number of carboxylic acid groups (broad SMARTS) is 1. The van der Waals surface area contributed by atoms with Gasteiger partial charge in [0.05, 0.1) is 6.42 Å². The van der Waals surface area contributed by atoms with Crippen molar-refractivity contribution < 1.29 is 9.90 Å². The van der Waals surface area contributed by atoms with Gasteiger partial charge in [-0.2, -0.15) is 0 Å². The van der Waals surface area contributed by atoms with E-state index in [-0.39, 0.29) is 6.42 Å². The van der Waals surface area contributed by atoms with Crippen molar-refractivity contribution in [1.82, 2.24) is 4.90 Å². The molecule has 0 saturated carbocycles. The average molecular weight is 253 g/mol. The molecule has 94 valence electrons. The summed E-state index contributed by atoms with van der Waals surface area (Å²) in [7, 11) is 0. The summed E-state index contributed by atoms with van der Waals surface area (Å²) in [5.74, 6) is -0.700. The molecular formula is C13H19NO2S. The maximum atomic E-state index is 10.6. The second-order valence-electron chi connectivity index (χ2n) is 4.73. The van der Waals surface area contributed by atoms with E-state index in [0.717, 1.165) is 6.54 Å². The van der Waals surface area contributed by atoms with Crippen molar-refractivity contribution in [2.24, 2.45) is 0 Å². The van der Waals surface area contributed by atoms with Gasteiger partial charge >= 0.3 is 5.97 Å². The van der Waals surface area contributed by atoms with E-state index in [9.17, 15) is 4.79 Å². The molecule has 0 radical (unpaired) electrons. The van der Waals surface area contributed by atoms with Crippen LogP contribution in [0, 0.1) is 13.8 Å². The molecule has 1 aromatic heterocycles. The van der Waals surface area contributed by atoms with Gasteiger partial charge in [0.1, 0.15) is 0 Å². The largest absolute Gasteiger partial charge is 0.481 e. The molecule has 1 saturated heterocycles. The number of hydrogen-bond donors (Lipinski definition) is 1. The highest BCUT2D eigenvalue weighted by Gasteiger charge is 2.27. The van der Waals surface area contributed by atoms with E-state index in [1.54, 1.807) is 0 Å². The SMILES string of the molecule is Cc1cc([C@@H]2CCCN2CCC(=O)O)sc1C. The summed E-state index contributed by atoms with van der Waals surface area (Å²) >= 11 is 1.86. The van der Waals surface area contributed by atoms with E-state index < -0.39 is 5.97 Å². The number of likely N-dealkylation sites (tertiary alicyclic amines) is 1. The van der Waals surface area contributed by atoms with Gasteiger partial charge in [0.25, 0.3) is 0 Å². The Bertz CT molecular complexity index is 394. The number of aryl methyl sites for hydroxylation is 2. The first-order valence-corrected chi connectivity index (χ1v) is 6.92. The minimum Gasteiger partial charge on any atom is -0.481 e. The van der Waals surface area contributed by atoms with Gasteiger partial charge < -0.3 is 5.11 Å². The third-order valence-electron chi connectivity index (χ3n) is 3.49. The lowest BCUT2D eigenvalue weighted by molar-refractivity contribution is -0.137. The predicted molar refractivity (Wildman–Crippen MR) is 69.6 cm³/mol. The summed E-state index contributed by atoms with van der Waals surface area (Å²) in [6, 6.07) is 2.72. The summed E-state index contributed by atoms with van der Waals surface area (Å²) in [5, 5.41) is 8.75. The summed E-state index contributed by atoms with van der Waals surface area (Å²) in [6.45, 7) is 6.01. The molecule has 0 spiro atoms. The molecule has 1 aromatic rings. The maximum Gasteiger partial charge on any atom is 0.304 e. The third-order valence-corrected chi connectivity index (χ3v) is 4.74. The summed E-state index contributed by atoms with van der Waals surface area (Å²) < 4.78 is 0. The monoisotopic (exact) mass is 253 g/mol. The van der Waals surface area contributed by atoms with Gasteiger partial charge in [-0.3, -0.25) is 9.69 Å². The Kier molecular flexibility index (Phi) is 3.84. The number of thiophene rings is 1. The average Bonchev–Trinajstić information content (AvgIpc) is 2.83. The second kappa shape index (κ2) is 5.19. The van der Waals surface area contributed by atoms with E-state index in [1.807, 2.05) is 11.3 Å². The standard InChI is InChI=1S/C13H19NO2S/c1-9-8-12(17-10(9)2)11-4-3-6-14(11)7-5-13(15)16/h8,11H,3-7H2,1-2H3,(H,15,16)/t11-/m0/s1. The Hall–Kier alpha value is -0.870. The van der Waals surface area contributed by atoms with Gasteiger partial charge in [-0.25, -0.2) is 0 Å². The molecule has 2 rings (SSSR count). The van der Waals surface area contributed by atoms with Crippen molar-refractivity contribution in [3.63, 3.8) is 0 Å². The normalized spacial score (nSPS) is 20.9. The molecule has 1 N–H and O–H groups in total. The lowest BCUT2D eigenvalue weighted by Crippen LogP contribution is -2.25. The molecule has 1 fully saturated rings. The van der Waals surface area contributed by atoms with Gasteiger partial charge in [0.2, 0.25) is 0 Å². The highest BCUT2D eigenvalue weighted by molar-refractivity contribution is 7.12. The lowest BCUT2D eigenvalue weighted by Gasteiger charge is -2.22. The first kappa shape index (κ1) is 12.6. The zero-order valence-electron chi connectivity index (χ0n) is 10.4. The number of carbonyl (C=O) groups is 1. The number of nitrogens with zero attached hydrogens (tertiary/aromatic N) is 1. The molecule has 0 aliphatic carbocycles. The van der Waals surface area contributed by atoms with Gasteiger partial charge in [0, 0.05) is 22.3 Å². The van der Waals surface area contributed by atoms with Crippen LogP contribution in [0.5, 0.6) is 0 Å². The van der Waals surface area contributed by atoms with Crippen molar-refractivity contribution >= 4 is 17.3 Å². The van der Waals surface area contributed by atoms with Gasteiger partial charge in [-0.1, -0.05) is 0 Å². The molecule has 1 aliphatic rings. The lowest BCUT2D eigenvalue weighted by atomic mass is 10.1. The smallest absolute Gasteiger partial charge is 0.304 e. The van der Waals surface area contributed by atoms with Crippen LogP contribution in [0.4, 0.5) is 0 Å². The zero-order chi connectivity index (χ0) is 12.4. The third kappa shape index (κ3) is 2.87. The van der Waals surface area contributed by atoms with Crippen LogP contribution >= 0.6 is 11.3 Å². The quantitative estimate of drug-likeness (QED) is 0.896. The molecule has 3 nitrogen and oxygen atoms in total. The van der Waals surface area contributed by atoms with Crippen LogP contribution in [0.15, 0.2) is 6.07 Å². The van der Waals surface area contributed by atoms with Crippen LogP contribution in [0.25, 0.3) is 0 Å². The zero-order valence-corrected chi connectivity index (χ0v) is 11.2. The number of carboxylic acids is 1. The predicted octanol–water partition coefficient (Wildman–Crippen LogP) is 2.98. The minimum absolute atomic E-state index is 0.250. The summed E-state index contributed by atoms with van der Waals surface area (Å²) in [6.07, 6.45) is 2.60. The molecule has 0 amide bonds. The molecule has 4 heteroatoms. The number of aliphatic carboxylic acids is 1. The van der Waals surface area contributed by atoms with Gasteiger partial charge in [-0.15, -0.1) is 11.3 Å². The van der Waals surface area contributed by atoms with Crippen LogP contribution in [-0.2, 0) is 4.79 Å².